The van der Waals surface area contributed by atoms with Crippen LogP contribution in [0.15, 0.2) is 16.7 Å². The predicted octanol–water partition coefficient (Wildman–Crippen LogP) is 2.12. The second-order valence-corrected chi connectivity index (χ2v) is 5.03. The summed E-state index contributed by atoms with van der Waals surface area (Å²) in [6, 6.07) is 2.73. The first-order chi connectivity index (χ1) is 8.29. The summed E-state index contributed by atoms with van der Waals surface area (Å²) in [4.78, 5) is 4.28. The number of aromatic nitrogens is 1. The van der Waals surface area contributed by atoms with E-state index >= 15 is 0 Å². The van der Waals surface area contributed by atoms with Gasteiger partial charge in [0.05, 0.1) is 6.61 Å². The zero-order chi connectivity index (χ0) is 12.1. The minimum atomic E-state index is 0.529. The molecule has 1 saturated carbocycles. The van der Waals surface area contributed by atoms with Crippen LogP contribution in [0.5, 0.6) is 5.88 Å². The number of methoxy groups -OCH3 is 1. The van der Waals surface area contributed by atoms with Crippen molar-refractivity contribution in [2.45, 2.75) is 25.4 Å². The van der Waals surface area contributed by atoms with Crippen molar-refractivity contribution < 1.29 is 9.47 Å². The number of nitrogens with one attached hydrogen (secondary N) is 1. The molecule has 0 aromatic carbocycles. The third-order valence-electron chi connectivity index (χ3n) is 2.58. The number of rotatable bonds is 7. The molecule has 1 aliphatic carbocycles. The van der Waals surface area contributed by atoms with Crippen molar-refractivity contribution in [1.82, 2.24) is 10.3 Å². The highest BCUT2D eigenvalue weighted by Gasteiger charge is 2.20. The second-order valence-electron chi connectivity index (χ2n) is 4.11. The summed E-state index contributed by atoms with van der Waals surface area (Å²) in [5.74, 6) is 0.693. The highest BCUT2D eigenvalue weighted by Crippen LogP contribution is 2.23. The van der Waals surface area contributed by atoms with Crippen LogP contribution in [0.2, 0.25) is 0 Å². The van der Waals surface area contributed by atoms with Crippen molar-refractivity contribution in [2.75, 3.05) is 20.3 Å². The predicted molar refractivity (Wildman–Crippen MR) is 69.2 cm³/mol. The molecule has 0 aliphatic heterocycles. The molecule has 0 spiro atoms. The summed E-state index contributed by atoms with van der Waals surface area (Å²) < 4.78 is 11.5. The number of nitrogens with zero attached hydrogens (tertiary/aromatic N) is 1. The Labute approximate surface area is 110 Å². The average molecular weight is 301 g/mol. The SMILES string of the molecule is COCCOc1ncc(Br)cc1CNC1CC1. The van der Waals surface area contributed by atoms with Gasteiger partial charge in [0, 0.05) is 35.9 Å². The molecule has 0 amide bonds. The van der Waals surface area contributed by atoms with Gasteiger partial charge in [0.25, 0.3) is 0 Å². The molecular weight excluding hydrogens is 284 g/mol. The van der Waals surface area contributed by atoms with Crippen LogP contribution in [0.1, 0.15) is 18.4 Å². The van der Waals surface area contributed by atoms with Crippen molar-refractivity contribution in [3.63, 3.8) is 0 Å². The third-order valence-corrected chi connectivity index (χ3v) is 3.01. The van der Waals surface area contributed by atoms with Crippen LogP contribution in [0, 0.1) is 0 Å². The molecule has 2 rings (SSSR count). The van der Waals surface area contributed by atoms with E-state index in [4.69, 9.17) is 9.47 Å². The Morgan fingerprint density at radius 1 is 1.47 bits per heavy atom. The molecule has 0 atom stereocenters. The quantitative estimate of drug-likeness (QED) is 0.784. The van der Waals surface area contributed by atoms with Gasteiger partial charge in [-0.25, -0.2) is 4.98 Å². The van der Waals surface area contributed by atoms with Crippen LogP contribution in [-0.4, -0.2) is 31.3 Å². The van der Waals surface area contributed by atoms with E-state index in [0.29, 0.717) is 25.1 Å². The van der Waals surface area contributed by atoms with Crippen molar-refractivity contribution in [1.29, 1.82) is 0 Å². The van der Waals surface area contributed by atoms with Gasteiger partial charge in [0.15, 0.2) is 0 Å². The van der Waals surface area contributed by atoms with Crippen LogP contribution in [0.3, 0.4) is 0 Å². The zero-order valence-corrected chi connectivity index (χ0v) is 11.5. The Morgan fingerprint density at radius 2 is 2.29 bits per heavy atom. The molecule has 4 nitrogen and oxygen atoms in total. The van der Waals surface area contributed by atoms with E-state index in [1.807, 2.05) is 6.07 Å². The molecule has 1 heterocycles. The fourth-order valence-corrected chi connectivity index (χ4v) is 1.87. The molecule has 0 unspecified atom stereocenters. The first kappa shape index (κ1) is 12.8. The second kappa shape index (κ2) is 6.33. The van der Waals surface area contributed by atoms with Gasteiger partial charge in [-0.15, -0.1) is 0 Å². The Balaban J connectivity index is 1.95. The van der Waals surface area contributed by atoms with Gasteiger partial charge in [-0.1, -0.05) is 0 Å². The van der Waals surface area contributed by atoms with Crippen molar-refractivity contribution in [3.8, 4) is 5.88 Å². The molecule has 1 fully saturated rings. The average Bonchev–Trinajstić information content (AvgIpc) is 3.13. The lowest BCUT2D eigenvalue weighted by Crippen LogP contribution is -2.17. The van der Waals surface area contributed by atoms with E-state index in [2.05, 4.69) is 26.2 Å². The summed E-state index contributed by atoms with van der Waals surface area (Å²) in [5.41, 5.74) is 1.09. The van der Waals surface area contributed by atoms with E-state index in [9.17, 15) is 0 Å². The monoisotopic (exact) mass is 300 g/mol. The molecule has 17 heavy (non-hydrogen) atoms. The van der Waals surface area contributed by atoms with Crippen LogP contribution >= 0.6 is 15.9 Å². The van der Waals surface area contributed by atoms with Crippen molar-refractivity contribution in [2.24, 2.45) is 0 Å². The standard InChI is InChI=1S/C12H17BrN2O2/c1-16-4-5-17-12-9(6-10(13)8-15-12)7-14-11-2-3-11/h6,8,11,14H,2-5,7H2,1H3. The molecule has 0 bridgehead atoms. The van der Waals surface area contributed by atoms with Crippen LogP contribution in [0.25, 0.3) is 0 Å². The summed E-state index contributed by atoms with van der Waals surface area (Å²) in [6.07, 6.45) is 4.31. The molecule has 0 saturated heterocycles. The lowest BCUT2D eigenvalue weighted by molar-refractivity contribution is 0.143. The van der Waals surface area contributed by atoms with Crippen LogP contribution in [0.4, 0.5) is 0 Å². The number of hydrogen-bond donors (Lipinski definition) is 1. The van der Waals surface area contributed by atoms with Gasteiger partial charge in [-0.2, -0.15) is 0 Å². The van der Waals surface area contributed by atoms with Crippen molar-refractivity contribution >= 4 is 15.9 Å². The molecule has 94 valence electrons. The number of pyridine rings is 1. The van der Waals surface area contributed by atoms with E-state index < -0.39 is 0 Å². The maximum atomic E-state index is 5.59. The smallest absolute Gasteiger partial charge is 0.217 e. The molecule has 5 heteroatoms. The lowest BCUT2D eigenvalue weighted by atomic mass is 10.2. The fraction of sp³-hybridized carbons (Fsp3) is 0.583. The molecule has 0 radical (unpaired) electrons. The Kier molecular flexibility index (Phi) is 4.76. The first-order valence-electron chi connectivity index (χ1n) is 5.79. The third kappa shape index (κ3) is 4.26. The first-order valence-corrected chi connectivity index (χ1v) is 6.58. The van der Waals surface area contributed by atoms with Crippen LogP contribution in [-0.2, 0) is 11.3 Å². The molecular formula is C12H17BrN2O2. The van der Waals surface area contributed by atoms with Gasteiger partial charge in [0.2, 0.25) is 5.88 Å². The minimum Gasteiger partial charge on any atom is -0.475 e. The topological polar surface area (TPSA) is 43.4 Å². The maximum Gasteiger partial charge on any atom is 0.217 e. The maximum absolute atomic E-state index is 5.59. The van der Waals surface area contributed by atoms with E-state index in [1.165, 1.54) is 12.8 Å². The number of hydrogen-bond acceptors (Lipinski definition) is 4. The van der Waals surface area contributed by atoms with Crippen LogP contribution < -0.4 is 10.1 Å². The largest absolute Gasteiger partial charge is 0.475 e. The Bertz CT molecular complexity index is 370. The van der Waals surface area contributed by atoms with Gasteiger partial charge in [0.1, 0.15) is 6.61 Å². The number of halogens is 1. The summed E-state index contributed by atoms with van der Waals surface area (Å²) >= 11 is 3.43. The van der Waals surface area contributed by atoms with Gasteiger partial charge in [-0.05, 0) is 34.8 Å². The zero-order valence-electron chi connectivity index (χ0n) is 9.91. The van der Waals surface area contributed by atoms with E-state index in [1.54, 1.807) is 13.3 Å². The highest BCUT2D eigenvalue weighted by molar-refractivity contribution is 9.10. The minimum absolute atomic E-state index is 0.529. The summed E-state index contributed by atoms with van der Waals surface area (Å²) in [6.45, 7) is 1.91. The molecule has 1 aliphatic rings. The molecule has 1 aromatic heterocycles. The summed E-state index contributed by atoms with van der Waals surface area (Å²) in [5, 5.41) is 3.46. The van der Waals surface area contributed by atoms with E-state index in [0.717, 1.165) is 16.6 Å². The molecule has 1 aromatic rings. The van der Waals surface area contributed by atoms with Gasteiger partial charge in [-0.3, -0.25) is 0 Å². The van der Waals surface area contributed by atoms with Gasteiger partial charge < -0.3 is 14.8 Å². The Morgan fingerprint density at radius 3 is 3.00 bits per heavy atom. The fourth-order valence-electron chi connectivity index (χ4n) is 1.49. The normalized spacial score (nSPS) is 14.9. The highest BCUT2D eigenvalue weighted by atomic mass is 79.9. The van der Waals surface area contributed by atoms with Gasteiger partial charge >= 0.3 is 0 Å². The number of ether oxygens (including phenoxy) is 2. The van der Waals surface area contributed by atoms with E-state index in [-0.39, 0.29) is 0 Å². The molecule has 1 N–H and O–H groups in total. The summed E-state index contributed by atoms with van der Waals surface area (Å²) in [7, 11) is 1.66. The lowest BCUT2D eigenvalue weighted by Gasteiger charge is -2.11. The van der Waals surface area contributed by atoms with Crippen molar-refractivity contribution in [3.05, 3.63) is 22.3 Å². The Hall–Kier alpha value is -0.650.